The molecule has 0 bridgehead atoms. The summed E-state index contributed by atoms with van der Waals surface area (Å²) in [6, 6.07) is 0.154. The predicted octanol–water partition coefficient (Wildman–Crippen LogP) is -0.599. The van der Waals surface area contributed by atoms with Crippen LogP contribution in [0, 0.1) is 0 Å². The lowest BCUT2D eigenvalue weighted by Crippen LogP contribution is -2.31. The lowest BCUT2D eigenvalue weighted by Gasteiger charge is -2.08. The molecule has 2 amide bonds. The van der Waals surface area contributed by atoms with Gasteiger partial charge in [0.25, 0.3) is 0 Å². The number of nitrogens with one attached hydrogen (secondary N) is 2. The second-order valence-corrected chi connectivity index (χ2v) is 2.70. The van der Waals surface area contributed by atoms with Gasteiger partial charge in [0.05, 0.1) is 0 Å². The zero-order valence-corrected chi connectivity index (χ0v) is 6.52. The topological polar surface area (TPSA) is 58.2 Å². The fourth-order valence-electron chi connectivity index (χ4n) is 1.15. The van der Waals surface area contributed by atoms with Crippen molar-refractivity contribution in [1.29, 1.82) is 0 Å². The van der Waals surface area contributed by atoms with Crippen LogP contribution in [0.25, 0.3) is 0 Å². The van der Waals surface area contributed by atoms with Crippen molar-refractivity contribution in [1.82, 2.24) is 10.6 Å². The molecule has 0 aromatic rings. The van der Waals surface area contributed by atoms with Crippen molar-refractivity contribution in [3.63, 3.8) is 0 Å². The van der Waals surface area contributed by atoms with Gasteiger partial charge >= 0.3 is 0 Å². The minimum Gasteiger partial charge on any atom is -0.316 e. The fraction of sp³-hybridized carbons (Fsp3) is 0.714. The Morgan fingerprint density at radius 1 is 1.45 bits per heavy atom. The number of carbonyl (C=O) groups is 2. The summed E-state index contributed by atoms with van der Waals surface area (Å²) < 4.78 is 0. The molecule has 0 aromatic heterocycles. The quantitative estimate of drug-likeness (QED) is 0.498. The Bertz CT molecular complexity index is 179. The van der Waals surface area contributed by atoms with Crippen molar-refractivity contribution in [3.05, 3.63) is 0 Å². The van der Waals surface area contributed by atoms with Gasteiger partial charge in [-0.1, -0.05) is 0 Å². The maximum Gasteiger partial charge on any atom is 0.228 e. The Morgan fingerprint density at radius 2 is 2.18 bits per heavy atom. The minimum atomic E-state index is -0.174. The summed E-state index contributed by atoms with van der Waals surface area (Å²) in [6.07, 6.45) is 1.59. The molecule has 4 nitrogen and oxygen atoms in total. The second kappa shape index (κ2) is 3.48. The molecule has 1 heterocycles. The van der Waals surface area contributed by atoms with Crippen molar-refractivity contribution < 1.29 is 9.59 Å². The number of hydrogen-bond donors (Lipinski definition) is 2. The molecule has 1 unspecified atom stereocenters. The molecule has 2 N–H and O–H groups in total. The first-order valence-corrected chi connectivity index (χ1v) is 3.72. The molecule has 0 saturated carbocycles. The van der Waals surface area contributed by atoms with Gasteiger partial charge in [0.15, 0.2) is 0 Å². The van der Waals surface area contributed by atoms with Gasteiger partial charge in [0.2, 0.25) is 11.8 Å². The average molecular weight is 156 g/mol. The highest BCUT2D eigenvalue weighted by molar-refractivity contribution is 5.96. The molecule has 1 aliphatic rings. The molecule has 0 radical (unpaired) electrons. The monoisotopic (exact) mass is 156 g/mol. The Hall–Kier alpha value is -0.900. The van der Waals surface area contributed by atoms with Crippen LogP contribution in [0.2, 0.25) is 0 Å². The van der Waals surface area contributed by atoms with Crippen LogP contribution in [-0.2, 0) is 9.59 Å². The molecular weight excluding hydrogens is 144 g/mol. The van der Waals surface area contributed by atoms with Crippen LogP contribution >= 0.6 is 0 Å². The third-order valence-corrected chi connectivity index (χ3v) is 1.84. The third kappa shape index (κ3) is 2.31. The molecule has 1 fully saturated rings. The van der Waals surface area contributed by atoms with Crippen LogP contribution in [0.15, 0.2) is 0 Å². The van der Waals surface area contributed by atoms with Crippen LogP contribution in [0.3, 0.4) is 0 Å². The number of imide groups is 1. The Kier molecular flexibility index (Phi) is 2.59. The number of amides is 2. The van der Waals surface area contributed by atoms with Gasteiger partial charge in [-0.05, 0) is 13.5 Å². The maximum atomic E-state index is 10.9. The number of carbonyl (C=O) groups excluding carboxylic acids is 2. The standard InChI is InChI=1S/C7H12N2O2/c1-8-5-2-3-6(10)9-7(11)4-5/h5,8H,2-4H2,1H3,(H,9,10,11). The van der Waals surface area contributed by atoms with Gasteiger partial charge in [-0.25, -0.2) is 0 Å². The van der Waals surface area contributed by atoms with Gasteiger partial charge in [0, 0.05) is 18.9 Å². The van der Waals surface area contributed by atoms with E-state index in [1.807, 2.05) is 0 Å². The van der Waals surface area contributed by atoms with Crippen molar-refractivity contribution in [3.8, 4) is 0 Å². The summed E-state index contributed by atoms with van der Waals surface area (Å²) in [5.74, 6) is -0.334. The van der Waals surface area contributed by atoms with E-state index in [0.717, 1.165) is 6.42 Å². The van der Waals surface area contributed by atoms with Crippen molar-refractivity contribution in [2.24, 2.45) is 0 Å². The first kappa shape index (κ1) is 8.20. The lowest BCUT2D eigenvalue weighted by molar-refractivity contribution is -0.129. The summed E-state index contributed by atoms with van der Waals surface area (Å²) in [6.45, 7) is 0. The van der Waals surface area contributed by atoms with E-state index in [2.05, 4.69) is 10.6 Å². The summed E-state index contributed by atoms with van der Waals surface area (Å²) in [5.41, 5.74) is 0. The molecule has 0 spiro atoms. The first-order chi connectivity index (χ1) is 5.22. The zero-order valence-electron chi connectivity index (χ0n) is 6.52. The van der Waals surface area contributed by atoms with Gasteiger partial charge in [-0.3, -0.25) is 14.9 Å². The lowest BCUT2D eigenvalue weighted by atomic mass is 10.1. The molecule has 4 heteroatoms. The SMILES string of the molecule is CNC1CCC(=O)NC(=O)C1. The molecule has 11 heavy (non-hydrogen) atoms. The van der Waals surface area contributed by atoms with E-state index < -0.39 is 0 Å². The van der Waals surface area contributed by atoms with Crippen LogP contribution in [0.1, 0.15) is 19.3 Å². The fourth-order valence-corrected chi connectivity index (χ4v) is 1.15. The molecule has 0 aromatic carbocycles. The van der Waals surface area contributed by atoms with Gasteiger partial charge in [0.1, 0.15) is 0 Å². The highest BCUT2D eigenvalue weighted by atomic mass is 16.2. The number of rotatable bonds is 1. The van der Waals surface area contributed by atoms with E-state index >= 15 is 0 Å². The Labute approximate surface area is 65.3 Å². The molecule has 1 aliphatic heterocycles. The second-order valence-electron chi connectivity index (χ2n) is 2.70. The van der Waals surface area contributed by atoms with Crippen LogP contribution in [0.5, 0.6) is 0 Å². The minimum absolute atomic E-state index is 0.154. The smallest absolute Gasteiger partial charge is 0.228 e. The van der Waals surface area contributed by atoms with E-state index in [4.69, 9.17) is 0 Å². The van der Waals surface area contributed by atoms with Crippen LogP contribution in [-0.4, -0.2) is 24.9 Å². The highest BCUT2D eigenvalue weighted by Gasteiger charge is 2.19. The van der Waals surface area contributed by atoms with Crippen LogP contribution < -0.4 is 10.6 Å². The highest BCUT2D eigenvalue weighted by Crippen LogP contribution is 2.05. The maximum absolute atomic E-state index is 10.9. The molecule has 1 rings (SSSR count). The van der Waals surface area contributed by atoms with E-state index in [1.165, 1.54) is 0 Å². The van der Waals surface area contributed by atoms with E-state index in [1.54, 1.807) is 7.05 Å². The zero-order chi connectivity index (χ0) is 8.27. The van der Waals surface area contributed by atoms with Crippen molar-refractivity contribution >= 4 is 11.8 Å². The van der Waals surface area contributed by atoms with Crippen molar-refractivity contribution in [2.75, 3.05) is 7.05 Å². The molecule has 1 atom stereocenters. The van der Waals surface area contributed by atoms with Gasteiger partial charge < -0.3 is 5.32 Å². The van der Waals surface area contributed by atoms with Gasteiger partial charge in [-0.15, -0.1) is 0 Å². The normalized spacial score (nSPS) is 26.1. The largest absolute Gasteiger partial charge is 0.316 e. The third-order valence-electron chi connectivity index (χ3n) is 1.84. The van der Waals surface area contributed by atoms with Crippen LogP contribution in [0.4, 0.5) is 0 Å². The molecular formula is C7H12N2O2. The molecule has 1 saturated heterocycles. The van der Waals surface area contributed by atoms with E-state index in [9.17, 15) is 9.59 Å². The first-order valence-electron chi connectivity index (χ1n) is 3.72. The Balaban J connectivity index is 2.52. The van der Waals surface area contributed by atoms with E-state index in [-0.39, 0.29) is 17.9 Å². The molecule has 62 valence electrons. The summed E-state index contributed by atoms with van der Waals surface area (Å²) in [7, 11) is 1.80. The summed E-state index contributed by atoms with van der Waals surface area (Å²) in [5, 5.41) is 5.27. The van der Waals surface area contributed by atoms with Crippen molar-refractivity contribution in [2.45, 2.75) is 25.3 Å². The average Bonchev–Trinajstić information content (AvgIpc) is 2.11. The predicted molar refractivity (Wildman–Crippen MR) is 39.8 cm³/mol. The molecule has 0 aliphatic carbocycles. The Morgan fingerprint density at radius 3 is 2.82 bits per heavy atom. The summed E-state index contributed by atoms with van der Waals surface area (Å²) in [4.78, 5) is 21.7. The number of hydrogen-bond acceptors (Lipinski definition) is 3. The summed E-state index contributed by atoms with van der Waals surface area (Å²) >= 11 is 0. The van der Waals surface area contributed by atoms with Gasteiger partial charge in [-0.2, -0.15) is 0 Å². The van der Waals surface area contributed by atoms with E-state index in [0.29, 0.717) is 12.8 Å².